The average Bonchev–Trinajstić information content (AvgIpc) is 2.70. The molecule has 0 aromatic heterocycles. The Balaban J connectivity index is 1.98. The van der Waals surface area contributed by atoms with E-state index in [1.165, 1.54) is 18.2 Å². The standard InChI is InChI=1S/C21H18Cl2N2O3S/c1-15-7-8-17(23)13-20(15)25(29(27,28)19-5-3-2-4-6-19)14-21(26)24-18-11-9-16(22)10-12-18/h2-13H,14H2,1H3,(H,24,26). The van der Waals surface area contributed by atoms with Crippen LogP contribution < -0.4 is 9.62 Å². The molecule has 0 heterocycles. The monoisotopic (exact) mass is 448 g/mol. The smallest absolute Gasteiger partial charge is 0.264 e. The molecular formula is C21H18Cl2N2O3S. The highest BCUT2D eigenvalue weighted by atomic mass is 35.5. The molecule has 0 saturated heterocycles. The first-order valence-electron chi connectivity index (χ1n) is 8.67. The molecule has 8 heteroatoms. The van der Waals surface area contributed by atoms with Gasteiger partial charge in [0.2, 0.25) is 5.91 Å². The van der Waals surface area contributed by atoms with E-state index in [2.05, 4.69) is 5.32 Å². The summed E-state index contributed by atoms with van der Waals surface area (Å²) in [4.78, 5) is 12.8. The molecule has 0 spiro atoms. The maximum atomic E-state index is 13.3. The predicted octanol–water partition coefficient (Wildman–Crippen LogP) is 5.14. The van der Waals surface area contributed by atoms with Crippen LogP contribution >= 0.6 is 23.2 Å². The number of anilines is 2. The Bertz CT molecular complexity index is 1120. The van der Waals surface area contributed by atoms with Gasteiger partial charge in [0.25, 0.3) is 10.0 Å². The lowest BCUT2D eigenvalue weighted by Gasteiger charge is -2.25. The molecule has 3 aromatic rings. The van der Waals surface area contributed by atoms with Crippen molar-refractivity contribution in [2.24, 2.45) is 0 Å². The van der Waals surface area contributed by atoms with E-state index in [0.29, 0.717) is 27.0 Å². The SMILES string of the molecule is Cc1ccc(Cl)cc1N(CC(=O)Nc1ccc(Cl)cc1)S(=O)(=O)c1ccccc1. The molecule has 0 aliphatic heterocycles. The van der Waals surface area contributed by atoms with Gasteiger partial charge in [0.05, 0.1) is 10.6 Å². The summed E-state index contributed by atoms with van der Waals surface area (Å²) in [5.74, 6) is -0.494. The van der Waals surface area contributed by atoms with Crippen molar-refractivity contribution in [2.75, 3.05) is 16.2 Å². The van der Waals surface area contributed by atoms with Gasteiger partial charge in [-0.15, -0.1) is 0 Å². The van der Waals surface area contributed by atoms with Crippen molar-refractivity contribution >= 4 is 50.5 Å². The highest BCUT2D eigenvalue weighted by molar-refractivity contribution is 7.92. The molecule has 3 rings (SSSR count). The fraction of sp³-hybridized carbons (Fsp3) is 0.0952. The molecule has 0 atom stereocenters. The Kier molecular flexibility index (Phi) is 6.47. The van der Waals surface area contributed by atoms with Crippen molar-refractivity contribution in [1.29, 1.82) is 0 Å². The third-order valence-corrected chi connectivity index (χ3v) is 6.45. The third-order valence-electron chi connectivity index (χ3n) is 4.19. The van der Waals surface area contributed by atoms with Gasteiger partial charge in [-0.05, 0) is 61.0 Å². The summed E-state index contributed by atoms with van der Waals surface area (Å²) in [5, 5.41) is 3.60. The Morgan fingerprint density at radius 2 is 1.55 bits per heavy atom. The number of hydrogen-bond donors (Lipinski definition) is 1. The number of rotatable bonds is 6. The Morgan fingerprint density at radius 1 is 0.931 bits per heavy atom. The first kappa shape index (κ1) is 21.2. The van der Waals surface area contributed by atoms with Crippen LogP contribution in [0.25, 0.3) is 0 Å². The molecule has 1 N–H and O–H groups in total. The van der Waals surface area contributed by atoms with Gasteiger partial charge in [0.15, 0.2) is 0 Å². The van der Waals surface area contributed by atoms with Crippen molar-refractivity contribution in [2.45, 2.75) is 11.8 Å². The van der Waals surface area contributed by atoms with E-state index in [0.717, 1.165) is 4.31 Å². The largest absolute Gasteiger partial charge is 0.325 e. The molecule has 29 heavy (non-hydrogen) atoms. The molecule has 0 aliphatic rings. The van der Waals surface area contributed by atoms with E-state index in [9.17, 15) is 13.2 Å². The Morgan fingerprint density at radius 3 is 2.21 bits per heavy atom. The van der Waals surface area contributed by atoms with Crippen molar-refractivity contribution in [3.05, 3.63) is 88.4 Å². The lowest BCUT2D eigenvalue weighted by atomic mass is 10.2. The van der Waals surface area contributed by atoms with Crippen LogP contribution in [-0.4, -0.2) is 20.9 Å². The fourth-order valence-corrected chi connectivity index (χ4v) is 4.53. The summed E-state index contributed by atoms with van der Waals surface area (Å²) < 4.78 is 27.7. The average molecular weight is 449 g/mol. The van der Waals surface area contributed by atoms with E-state index in [-0.39, 0.29) is 4.90 Å². The molecule has 3 aromatic carbocycles. The summed E-state index contributed by atoms with van der Waals surface area (Å²) in [6.45, 7) is 1.34. The highest BCUT2D eigenvalue weighted by Gasteiger charge is 2.28. The lowest BCUT2D eigenvalue weighted by molar-refractivity contribution is -0.114. The van der Waals surface area contributed by atoms with Crippen molar-refractivity contribution < 1.29 is 13.2 Å². The van der Waals surface area contributed by atoms with E-state index >= 15 is 0 Å². The zero-order valence-corrected chi connectivity index (χ0v) is 17.8. The Hall–Kier alpha value is -2.54. The first-order chi connectivity index (χ1) is 13.8. The van der Waals surface area contributed by atoms with Gasteiger partial charge in [-0.2, -0.15) is 0 Å². The van der Waals surface area contributed by atoms with Gasteiger partial charge in [0.1, 0.15) is 6.54 Å². The van der Waals surface area contributed by atoms with Crippen molar-refractivity contribution in [3.63, 3.8) is 0 Å². The van der Waals surface area contributed by atoms with Crippen molar-refractivity contribution in [3.8, 4) is 0 Å². The van der Waals surface area contributed by atoms with Crippen LogP contribution in [0, 0.1) is 6.92 Å². The van der Waals surface area contributed by atoms with Crippen molar-refractivity contribution in [1.82, 2.24) is 0 Å². The minimum Gasteiger partial charge on any atom is -0.325 e. The number of benzene rings is 3. The third kappa shape index (κ3) is 5.09. The molecule has 0 aliphatic carbocycles. The van der Waals surface area contributed by atoms with Crippen LogP contribution in [0.4, 0.5) is 11.4 Å². The summed E-state index contributed by atoms with van der Waals surface area (Å²) in [7, 11) is -3.99. The molecule has 5 nitrogen and oxygen atoms in total. The summed E-state index contributed by atoms with van der Waals surface area (Å²) >= 11 is 12.0. The van der Waals surface area contributed by atoms with Gasteiger partial charge >= 0.3 is 0 Å². The number of nitrogens with one attached hydrogen (secondary N) is 1. The second-order valence-corrected chi connectivity index (χ2v) is 9.05. The van der Waals surface area contributed by atoms with E-state index in [1.54, 1.807) is 61.5 Å². The van der Waals surface area contributed by atoms with Gasteiger partial charge in [0, 0.05) is 15.7 Å². The number of aryl methyl sites for hydroxylation is 1. The summed E-state index contributed by atoms with van der Waals surface area (Å²) in [5.41, 5.74) is 1.53. The molecule has 0 saturated carbocycles. The molecule has 0 unspecified atom stereocenters. The maximum absolute atomic E-state index is 13.3. The number of amides is 1. The number of sulfonamides is 1. The topological polar surface area (TPSA) is 66.5 Å². The normalized spacial score (nSPS) is 11.1. The summed E-state index contributed by atoms with van der Waals surface area (Å²) in [6.07, 6.45) is 0. The fourth-order valence-electron chi connectivity index (χ4n) is 2.73. The molecule has 150 valence electrons. The number of carbonyl (C=O) groups excluding carboxylic acids is 1. The second kappa shape index (κ2) is 8.86. The molecule has 1 amide bonds. The minimum atomic E-state index is -3.99. The van der Waals surface area contributed by atoms with Gasteiger partial charge in [-0.3, -0.25) is 9.10 Å². The molecular weight excluding hydrogens is 431 g/mol. The quantitative estimate of drug-likeness (QED) is 0.567. The predicted molar refractivity (Wildman–Crippen MR) is 117 cm³/mol. The Labute approximate surface area is 179 Å². The van der Waals surface area contributed by atoms with Gasteiger partial charge < -0.3 is 5.32 Å². The minimum absolute atomic E-state index is 0.0821. The first-order valence-corrected chi connectivity index (χ1v) is 10.9. The number of hydrogen-bond acceptors (Lipinski definition) is 3. The van der Waals surface area contributed by atoms with E-state index in [4.69, 9.17) is 23.2 Å². The molecule has 0 fully saturated rings. The van der Waals surface area contributed by atoms with Gasteiger partial charge in [-0.1, -0.05) is 47.5 Å². The van der Waals surface area contributed by atoms with Crippen LogP contribution in [0.2, 0.25) is 10.0 Å². The highest BCUT2D eigenvalue weighted by Crippen LogP contribution is 2.29. The van der Waals surface area contributed by atoms with Gasteiger partial charge in [-0.25, -0.2) is 8.42 Å². The number of halogens is 2. The molecule has 0 bridgehead atoms. The second-order valence-electron chi connectivity index (χ2n) is 6.31. The zero-order valence-electron chi connectivity index (χ0n) is 15.5. The number of carbonyl (C=O) groups is 1. The van der Waals surface area contributed by atoms with Crippen LogP contribution in [-0.2, 0) is 14.8 Å². The zero-order chi connectivity index (χ0) is 21.0. The number of nitrogens with zero attached hydrogens (tertiary/aromatic N) is 1. The lowest BCUT2D eigenvalue weighted by Crippen LogP contribution is -2.38. The maximum Gasteiger partial charge on any atom is 0.264 e. The van der Waals surface area contributed by atoms with E-state index in [1.807, 2.05) is 0 Å². The van der Waals surface area contributed by atoms with Crippen LogP contribution in [0.3, 0.4) is 0 Å². The molecule has 0 radical (unpaired) electrons. The van der Waals surface area contributed by atoms with Crippen LogP contribution in [0.15, 0.2) is 77.7 Å². The van der Waals surface area contributed by atoms with E-state index < -0.39 is 22.5 Å². The van der Waals surface area contributed by atoms with Crippen LogP contribution in [0.5, 0.6) is 0 Å². The summed E-state index contributed by atoms with van der Waals surface area (Å²) in [6, 6.07) is 19.4. The van der Waals surface area contributed by atoms with Crippen LogP contribution in [0.1, 0.15) is 5.56 Å².